The highest BCUT2D eigenvalue weighted by Gasteiger charge is 2.57. The van der Waals surface area contributed by atoms with Gasteiger partial charge in [-0.3, -0.25) is 9.59 Å². The second-order valence-electron chi connectivity index (χ2n) is 10.1. The highest BCUT2D eigenvalue weighted by atomic mass is 35.5. The summed E-state index contributed by atoms with van der Waals surface area (Å²) in [5.41, 5.74) is -0.330. The number of halogens is 2. The normalized spacial score (nSPS) is 28.8. The van der Waals surface area contributed by atoms with Gasteiger partial charge in [-0.25, -0.2) is 4.39 Å². The van der Waals surface area contributed by atoms with Crippen molar-refractivity contribution in [2.45, 2.75) is 56.3 Å². The minimum absolute atomic E-state index is 0.0222. The molecule has 0 aliphatic carbocycles. The quantitative estimate of drug-likeness (QED) is 0.579. The molecule has 0 radical (unpaired) electrons. The number of para-hydroxylation sites is 1. The molecular weight excluding hydrogens is 489 g/mol. The van der Waals surface area contributed by atoms with E-state index in [4.69, 9.17) is 25.8 Å². The minimum atomic E-state index is -0.877. The molecule has 7 nitrogen and oxygen atoms in total. The second kappa shape index (κ2) is 9.56. The van der Waals surface area contributed by atoms with E-state index >= 15 is 0 Å². The Bertz CT molecular complexity index is 1180. The number of rotatable bonds is 6. The van der Waals surface area contributed by atoms with E-state index in [2.05, 4.69) is 0 Å². The van der Waals surface area contributed by atoms with Crippen molar-refractivity contribution in [3.63, 3.8) is 0 Å². The first-order valence-electron chi connectivity index (χ1n) is 12.2. The number of nitrogens with zero attached hydrogens (tertiary/aromatic N) is 1. The summed E-state index contributed by atoms with van der Waals surface area (Å²) in [5.74, 6) is -0.706. The maximum absolute atomic E-state index is 13.5. The molecule has 0 aromatic heterocycles. The van der Waals surface area contributed by atoms with Crippen LogP contribution in [0.15, 0.2) is 42.5 Å². The molecule has 3 aliphatic heterocycles. The maximum atomic E-state index is 13.5. The molecule has 5 rings (SSSR count). The SMILES string of the molecule is C[C@@]1(CCC(=O)O)Oc2ccccc2[C@@H]2OC[C@]3(CCCN3C(=O)COc3ccc(F)c(Cl)c3)C[C@H]21. The smallest absolute Gasteiger partial charge is 0.303 e. The monoisotopic (exact) mass is 517 g/mol. The molecule has 9 heteroatoms. The Morgan fingerprint density at radius 3 is 2.86 bits per heavy atom. The first kappa shape index (κ1) is 24.8. The molecule has 1 N–H and O–H groups in total. The van der Waals surface area contributed by atoms with E-state index in [1.54, 1.807) is 0 Å². The predicted octanol–water partition coefficient (Wildman–Crippen LogP) is 5.01. The molecule has 2 fully saturated rings. The number of ether oxygens (including phenoxy) is 3. The van der Waals surface area contributed by atoms with Gasteiger partial charge in [0.2, 0.25) is 0 Å². The number of aliphatic carboxylic acids is 1. The van der Waals surface area contributed by atoms with E-state index in [-0.39, 0.29) is 36.0 Å². The van der Waals surface area contributed by atoms with Crippen LogP contribution in [0.5, 0.6) is 11.5 Å². The molecule has 2 aromatic rings. The average Bonchev–Trinajstić information content (AvgIpc) is 3.26. The maximum Gasteiger partial charge on any atom is 0.303 e. The summed E-state index contributed by atoms with van der Waals surface area (Å²) in [4.78, 5) is 26.6. The van der Waals surface area contributed by atoms with E-state index in [1.807, 2.05) is 36.1 Å². The number of carboxylic acids is 1. The topological polar surface area (TPSA) is 85.3 Å². The molecule has 2 saturated heterocycles. The standard InChI is InChI=1S/C27H29ClFNO6/c1-26(11-9-24(32)33)19-14-27(16-35-25(19)18-5-2-3-6-22(18)36-26)10-4-12-30(27)23(31)15-34-17-7-8-21(29)20(28)13-17/h2-3,5-8,13,19,25H,4,9-12,14-16H2,1H3,(H,32,33)/t19-,25+,26+,27+/m1/s1. The summed E-state index contributed by atoms with van der Waals surface area (Å²) < 4.78 is 32.0. The first-order valence-corrected chi connectivity index (χ1v) is 12.6. The molecule has 3 heterocycles. The van der Waals surface area contributed by atoms with Gasteiger partial charge in [0, 0.05) is 30.5 Å². The summed E-state index contributed by atoms with van der Waals surface area (Å²) in [7, 11) is 0. The molecule has 3 aliphatic rings. The number of benzene rings is 2. The van der Waals surface area contributed by atoms with Gasteiger partial charge in [-0.15, -0.1) is 0 Å². The number of carboxylic acid groups (broad SMARTS) is 1. The molecule has 1 spiro atoms. The minimum Gasteiger partial charge on any atom is -0.487 e. The van der Waals surface area contributed by atoms with Crippen LogP contribution in [0.25, 0.3) is 0 Å². The van der Waals surface area contributed by atoms with Gasteiger partial charge >= 0.3 is 5.97 Å². The third-order valence-corrected chi connectivity index (χ3v) is 8.13. The molecule has 0 bridgehead atoms. The Morgan fingerprint density at radius 2 is 2.08 bits per heavy atom. The van der Waals surface area contributed by atoms with Gasteiger partial charge < -0.3 is 24.2 Å². The summed E-state index contributed by atoms with van der Waals surface area (Å²) in [6.07, 6.45) is 2.32. The lowest BCUT2D eigenvalue weighted by Crippen LogP contribution is -2.61. The van der Waals surface area contributed by atoms with Crippen LogP contribution in [0.3, 0.4) is 0 Å². The first-order chi connectivity index (χ1) is 17.2. The summed E-state index contributed by atoms with van der Waals surface area (Å²) in [5, 5.41) is 9.31. The van der Waals surface area contributed by atoms with Gasteiger partial charge in [-0.05, 0) is 50.8 Å². The van der Waals surface area contributed by atoms with Crippen LogP contribution < -0.4 is 9.47 Å². The molecule has 0 unspecified atom stereocenters. The van der Waals surface area contributed by atoms with Crippen LogP contribution >= 0.6 is 11.6 Å². The lowest BCUT2D eigenvalue weighted by atomic mass is 9.68. The van der Waals surface area contributed by atoms with Gasteiger partial charge in [0.15, 0.2) is 6.61 Å². The van der Waals surface area contributed by atoms with Gasteiger partial charge in [-0.1, -0.05) is 29.8 Å². The van der Waals surface area contributed by atoms with Gasteiger partial charge in [0.25, 0.3) is 5.91 Å². The van der Waals surface area contributed by atoms with E-state index in [0.717, 1.165) is 18.4 Å². The molecule has 192 valence electrons. The van der Waals surface area contributed by atoms with Crippen LogP contribution in [-0.4, -0.2) is 52.8 Å². The van der Waals surface area contributed by atoms with E-state index in [1.165, 1.54) is 18.2 Å². The highest BCUT2D eigenvalue weighted by Crippen LogP contribution is 2.55. The molecular formula is C27H29ClFNO6. The van der Waals surface area contributed by atoms with Gasteiger partial charge in [-0.2, -0.15) is 0 Å². The Balaban J connectivity index is 1.37. The summed E-state index contributed by atoms with van der Waals surface area (Å²) >= 11 is 5.83. The van der Waals surface area contributed by atoms with Crippen molar-refractivity contribution in [1.82, 2.24) is 4.90 Å². The largest absolute Gasteiger partial charge is 0.487 e. The Hall–Kier alpha value is -2.84. The van der Waals surface area contributed by atoms with Gasteiger partial charge in [0.05, 0.1) is 23.3 Å². The zero-order valence-corrected chi connectivity index (χ0v) is 20.8. The second-order valence-corrected chi connectivity index (χ2v) is 10.5. The van der Waals surface area contributed by atoms with Crippen molar-refractivity contribution < 1.29 is 33.3 Å². The average molecular weight is 518 g/mol. The predicted molar refractivity (Wildman–Crippen MR) is 130 cm³/mol. The summed E-state index contributed by atoms with van der Waals surface area (Å²) in [6.45, 7) is 2.71. The third-order valence-electron chi connectivity index (χ3n) is 7.84. The van der Waals surface area contributed by atoms with Crippen LogP contribution in [0.1, 0.15) is 50.7 Å². The van der Waals surface area contributed by atoms with Crippen LogP contribution in [0.2, 0.25) is 5.02 Å². The van der Waals surface area contributed by atoms with Crippen molar-refractivity contribution in [3.8, 4) is 11.5 Å². The Morgan fingerprint density at radius 1 is 1.28 bits per heavy atom. The molecule has 2 aromatic carbocycles. The summed E-state index contributed by atoms with van der Waals surface area (Å²) in [6, 6.07) is 11.7. The number of carbonyl (C=O) groups excluding carboxylic acids is 1. The highest BCUT2D eigenvalue weighted by molar-refractivity contribution is 6.30. The number of hydrogen-bond acceptors (Lipinski definition) is 5. The fourth-order valence-corrected chi connectivity index (χ4v) is 6.16. The Kier molecular flexibility index (Phi) is 6.59. The zero-order chi connectivity index (χ0) is 25.5. The van der Waals surface area contributed by atoms with E-state index < -0.39 is 22.9 Å². The van der Waals surface area contributed by atoms with Crippen LogP contribution in [0, 0.1) is 11.7 Å². The molecule has 4 atom stereocenters. The molecule has 0 saturated carbocycles. The Labute approximate surface area is 214 Å². The van der Waals surface area contributed by atoms with E-state index in [0.29, 0.717) is 37.5 Å². The number of carbonyl (C=O) groups is 2. The third kappa shape index (κ3) is 4.52. The number of amides is 1. The number of fused-ring (bicyclic) bond motifs is 3. The van der Waals surface area contributed by atoms with Crippen molar-refractivity contribution in [3.05, 3.63) is 58.9 Å². The number of hydrogen-bond donors (Lipinski definition) is 1. The molecule has 36 heavy (non-hydrogen) atoms. The number of likely N-dealkylation sites (tertiary alicyclic amines) is 1. The van der Waals surface area contributed by atoms with Gasteiger partial charge in [0.1, 0.15) is 22.9 Å². The fraction of sp³-hybridized carbons (Fsp3) is 0.481. The molecule has 1 amide bonds. The zero-order valence-electron chi connectivity index (χ0n) is 20.0. The van der Waals surface area contributed by atoms with Crippen LogP contribution in [0.4, 0.5) is 4.39 Å². The van der Waals surface area contributed by atoms with Crippen molar-refractivity contribution >= 4 is 23.5 Å². The van der Waals surface area contributed by atoms with Crippen molar-refractivity contribution in [1.29, 1.82) is 0 Å². The fourth-order valence-electron chi connectivity index (χ4n) is 5.99. The van der Waals surface area contributed by atoms with Crippen molar-refractivity contribution in [2.75, 3.05) is 19.8 Å². The lowest BCUT2D eigenvalue weighted by molar-refractivity contribution is -0.180. The van der Waals surface area contributed by atoms with Crippen LogP contribution in [-0.2, 0) is 14.3 Å². The lowest BCUT2D eigenvalue weighted by Gasteiger charge is -2.54. The van der Waals surface area contributed by atoms with E-state index in [9.17, 15) is 19.1 Å². The van der Waals surface area contributed by atoms with Crippen molar-refractivity contribution in [2.24, 2.45) is 5.92 Å².